The van der Waals surface area contributed by atoms with E-state index < -0.39 is 47.0 Å². The lowest BCUT2D eigenvalue weighted by atomic mass is 10.2. The van der Waals surface area contributed by atoms with Crippen LogP contribution < -0.4 is 10.3 Å². The van der Waals surface area contributed by atoms with Gasteiger partial charge in [0.05, 0.1) is 21.4 Å². The van der Waals surface area contributed by atoms with E-state index in [4.69, 9.17) is 46.4 Å². The van der Waals surface area contributed by atoms with Gasteiger partial charge in [0.15, 0.2) is 6.04 Å². The highest BCUT2D eigenvalue weighted by Crippen LogP contribution is 2.37. The number of benzene rings is 2. The number of carbonyl (C=O) groups excluding carboxylic acids is 1. The molecule has 0 bridgehead atoms. The van der Waals surface area contributed by atoms with Crippen molar-refractivity contribution < 1.29 is 30.7 Å². The van der Waals surface area contributed by atoms with E-state index in [1.807, 2.05) is 0 Å². The van der Waals surface area contributed by atoms with Crippen molar-refractivity contribution in [1.82, 2.24) is 15.0 Å². The summed E-state index contributed by atoms with van der Waals surface area (Å²) in [7, 11) is -9.48. The number of nitrogens with one attached hydrogen (secondary N) is 1. The maximum atomic E-state index is 13.1. The van der Waals surface area contributed by atoms with Crippen LogP contribution in [0.1, 0.15) is 6.92 Å². The number of halogens is 4. The third-order valence-electron chi connectivity index (χ3n) is 4.96. The average Bonchev–Trinajstić information content (AvgIpc) is 3.09. The Kier molecular flexibility index (Phi) is 8.30. The van der Waals surface area contributed by atoms with Gasteiger partial charge in [-0.15, -0.1) is 0 Å². The van der Waals surface area contributed by atoms with Crippen LogP contribution in [0.4, 0.5) is 23.0 Å². The zero-order chi connectivity index (χ0) is 29.6. The van der Waals surface area contributed by atoms with Gasteiger partial charge in [-0.05, 0) is 60.5 Å². The zero-order valence-electron chi connectivity index (χ0n) is 19.4. The molecule has 1 amide bonds. The Balaban J connectivity index is 1.67. The van der Waals surface area contributed by atoms with E-state index in [1.165, 1.54) is 13.0 Å². The summed E-state index contributed by atoms with van der Waals surface area (Å²) in [5.74, 6) is -0.899. The number of carbonyl (C=O) groups is 1. The average molecular weight is 670 g/mol. The molecule has 21 heteroatoms. The van der Waals surface area contributed by atoms with Crippen molar-refractivity contribution >= 4 is 101 Å². The predicted molar refractivity (Wildman–Crippen MR) is 145 cm³/mol. The van der Waals surface area contributed by atoms with Gasteiger partial charge < -0.3 is 5.32 Å². The summed E-state index contributed by atoms with van der Waals surface area (Å²) in [5.41, 5.74) is -0.237. The monoisotopic (exact) mass is 668 g/mol. The van der Waals surface area contributed by atoms with Crippen molar-refractivity contribution in [3.8, 4) is 0 Å². The first kappa shape index (κ1) is 29.9. The minimum absolute atomic E-state index is 0.0901. The summed E-state index contributed by atoms with van der Waals surface area (Å²) in [6.07, 6.45) is 0. The second kappa shape index (κ2) is 11.1. The van der Waals surface area contributed by atoms with Gasteiger partial charge in [0.2, 0.25) is 16.5 Å². The third kappa shape index (κ3) is 6.47. The summed E-state index contributed by atoms with van der Waals surface area (Å²) < 4.78 is 65.7. The molecule has 4 rings (SSSR count). The molecule has 1 aliphatic heterocycles. The van der Waals surface area contributed by atoms with Gasteiger partial charge in [-0.2, -0.15) is 52.1 Å². The molecule has 0 spiro atoms. The van der Waals surface area contributed by atoms with E-state index >= 15 is 0 Å². The fourth-order valence-corrected chi connectivity index (χ4v) is 5.56. The van der Waals surface area contributed by atoms with Crippen LogP contribution in [0.15, 0.2) is 55.5 Å². The fourth-order valence-electron chi connectivity index (χ4n) is 3.26. The third-order valence-corrected chi connectivity index (χ3v) is 7.82. The quantitative estimate of drug-likeness (QED) is 0.233. The van der Waals surface area contributed by atoms with Crippen molar-refractivity contribution in [1.29, 1.82) is 0 Å². The molecule has 1 aliphatic rings. The van der Waals surface area contributed by atoms with Crippen LogP contribution in [0.2, 0.25) is 20.6 Å². The second-order valence-corrected chi connectivity index (χ2v) is 12.0. The number of hydrogen-bond donors (Lipinski definition) is 3. The molecule has 0 saturated heterocycles. The number of azo groups is 1. The summed E-state index contributed by atoms with van der Waals surface area (Å²) in [5, 5.41) is 14.1. The Morgan fingerprint density at radius 1 is 0.900 bits per heavy atom. The van der Waals surface area contributed by atoms with Crippen molar-refractivity contribution in [3.05, 3.63) is 50.9 Å². The highest BCUT2D eigenvalue weighted by Gasteiger charge is 2.36. The smallest absolute Gasteiger partial charge is 0.296 e. The molecular formula is C19H12Cl4N8O7S2. The first-order chi connectivity index (χ1) is 18.5. The summed E-state index contributed by atoms with van der Waals surface area (Å²) in [6.45, 7) is 1.42. The molecule has 2 aromatic carbocycles. The predicted octanol–water partition coefficient (Wildman–Crippen LogP) is 4.60. The summed E-state index contributed by atoms with van der Waals surface area (Å²) >= 11 is 23.6. The second-order valence-electron chi connectivity index (χ2n) is 7.70. The first-order valence-electron chi connectivity index (χ1n) is 10.3. The summed E-state index contributed by atoms with van der Waals surface area (Å²) in [4.78, 5) is 23.0. The molecule has 3 N–H and O–H groups in total. The molecule has 0 saturated carbocycles. The van der Waals surface area contributed by atoms with E-state index in [0.717, 1.165) is 29.3 Å². The van der Waals surface area contributed by atoms with Gasteiger partial charge in [0, 0.05) is 5.69 Å². The van der Waals surface area contributed by atoms with Crippen LogP contribution in [-0.2, 0) is 25.0 Å². The Morgan fingerprint density at radius 3 is 2.12 bits per heavy atom. The van der Waals surface area contributed by atoms with E-state index in [2.05, 4.69) is 35.6 Å². The molecule has 3 aromatic rings. The van der Waals surface area contributed by atoms with Gasteiger partial charge >= 0.3 is 0 Å². The Hall–Kier alpha value is -3.03. The maximum absolute atomic E-state index is 13.1. The highest BCUT2D eigenvalue weighted by molar-refractivity contribution is 7.86. The fraction of sp³-hybridized carbons (Fsp3) is 0.105. The standard InChI is InChI=1S/C19H12Cl4N8O7S2/c1-7-15(16(32)31(30-7)12-5-10(21)14(6-9(12)20)40(36,37)38)29-28-11-4-8(2-3-13(11)39(33,34)35)24-19-26-17(22)25-18(23)27-19/h2-6,15H,1H3,(H,33,34,35)(H,36,37,38)(H,24,25,26,27)/t15-/m1/s1. The molecule has 1 atom stereocenters. The van der Waals surface area contributed by atoms with E-state index in [1.54, 1.807) is 0 Å². The first-order valence-corrected chi connectivity index (χ1v) is 14.7. The van der Waals surface area contributed by atoms with Crippen LogP contribution in [0, 0.1) is 0 Å². The SMILES string of the molecule is CC1=NN(c2cc(Cl)c(S(=O)(=O)O)cc2Cl)C(=O)[C@@H]1N=Nc1cc(Nc2nc(Cl)nc(Cl)n2)ccc1S(=O)(=O)O. The molecular weight excluding hydrogens is 658 g/mol. The van der Waals surface area contributed by atoms with Crippen LogP contribution in [0.25, 0.3) is 0 Å². The van der Waals surface area contributed by atoms with Crippen molar-refractivity contribution in [2.45, 2.75) is 22.8 Å². The molecule has 210 valence electrons. The maximum Gasteiger partial charge on any atom is 0.296 e. The Labute approximate surface area is 245 Å². The van der Waals surface area contributed by atoms with Gasteiger partial charge in [0.1, 0.15) is 15.5 Å². The molecule has 0 unspecified atom stereocenters. The van der Waals surface area contributed by atoms with Gasteiger partial charge in [-0.3, -0.25) is 13.9 Å². The van der Waals surface area contributed by atoms with Gasteiger partial charge in [-0.25, -0.2) is 0 Å². The number of nitrogens with zero attached hydrogens (tertiary/aromatic N) is 7. The lowest BCUT2D eigenvalue weighted by Crippen LogP contribution is -2.30. The van der Waals surface area contributed by atoms with E-state index in [9.17, 15) is 30.7 Å². The Morgan fingerprint density at radius 2 is 1.52 bits per heavy atom. The van der Waals surface area contributed by atoms with Crippen molar-refractivity contribution in [2.75, 3.05) is 10.3 Å². The largest absolute Gasteiger partial charge is 0.324 e. The highest BCUT2D eigenvalue weighted by atomic mass is 35.5. The van der Waals surface area contributed by atoms with Crippen molar-refractivity contribution in [3.63, 3.8) is 0 Å². The molecule has 0 fully saturated rings. The minimum Gasteiger partial charge on any atom is -0.324 e. The lowest BCUT2D eigenvalue weighted by Gasteiger charge is -2.15. The molecule has 40 heavy (non-hydrogen) atoms. The topological polar surface area (TPSA) is 217 Å². The summed E-state index contributed by atoms with van der Waals surface area (Å²) in [6, 6.07) is 3.90. The van der Waals surface area contributed by atoms with Crippen LogP contribution in [0.5, 0.6) is 0 Å². The number of amides is 1. The number of anilines is 3. The van der Waals surface area contributed by atoms with Gasteiger partial charge in [0.25, 0.3) is 26.1 Å². The molecule has 0 aliphatic carbocycles. The minimum atomic E-state index is -4.78. The zero-order valence-corrected chi connectivity index (χ0v) is 24.0. The molecule has 0 radical (unpaired) electrons. The van der Waals surface area contributed by atoms with Gasteiger partial charge in [-0.1, -0.05) is 23.2 Å². The number of hydrazone groups is 1. The number of aromatic nitrogens is 3. The van der Waals surface area contributed by atoms with Crippen LogP contribution in [-0.4, -0.2) is 58.6 Å². The molecule has 2 heterocycles. The molecule has 1 aromatic heterocycles. The lowest BCUT2D eigenvalue weighted by molar-refractivity contribution is -0.117. The van der Waals surface area contributed by atoms with Crippen molar-refractivity contribution in [2.24, 2.45) is 15.3 Å². The number of rotatable bonds is 7. The number of hydrogen-bond acceptors (Lipinski definition) is 12. The van der Waals surface area contributed by atoms with Crippen LogP contribution >= 0.6 is 46.4 Å². The molecule has 15 nitrogen and oxygen atoms in total. The van der Waals surface area contributed by atoms with E-state index in [-0.39, 0.29) is 44.3 Å². The normalized spacial score (nSPS) is 16.1. The Bertz CT molecular complexity index is 1820. The van der Waals surface area contributed by atoms with E-state index in [0.29, 0.717) is 0 Å². The van der Waals surface area contributed by atoms with Crippen LogP contribution in [0.3, 0.4) is 0 Å².